The van der Waals surface area contributed by atoms with Gasteiger partial charge in [-0.3, -0.25) is 9.59 Å². The first-order chi connectivity index (χ1) is 12.5. The smallest absolute Gasteiger partial charge is 0.257 e. The summed E-state index contributed by atoms with van der Waals surface area (Å²) in [5.41, 5.74) is 1.64. The summed E-state index contributed by atoms with van der Waals surface area (Å²) in [7, 11) is 0. The number of anilines is 1. The highest BCUT2D eigenvalue weighted by atomic mass is 19.1. The molecule has 2 aromatic carbocycles. The Bertz CT molecular complexity index is 792. The second-order valence-corrected chi connectivity index (χ2v) is 6.41. The van der Waals surface area contributed by atoms with Crippen LogP contribution < -0.4 is 15.0 Å². The van der Waals surface area contributed by atoms with Gasteiger partial charge in [0.05, 0.1) is 0 Å². The number of ether oxygens (including phenoxy) is 1. The van der Waals surface area contributed by atoms with Crippen LogP contribution in [0.3, 0.4) is 0 Å². The predicted molar refractivity (Wildman–Crippen MR) is 96.5 cm³/mol. The second-order valence-electron chi connectivity index (χ2n) is 6.41. The average Bonchev–Trinajstić information content (AvgIpc) is 3.01. The topological polar surface area (TPSA) is 58.6 Å². The van der Waals surface area contributed by atoms with E-state index in [4.69, 9.17) is 4.74 Å². The van der Waals surface area contributed by atoms with Gasteiger partial charge in [-0.2, -0.15) is 0 Å². The minimum atomic E-state index is -0.335. The van der Waals surface area contributed by atoms with Crippen LogP contribution in [-0.2, 0) is 9.59 Å². The van der Waals surface area contributed by atoms with Gasteiger partial charge < -0.3 is 15.0 Å². The number of aryl methyl sites for hydroxylation is 1. The fourth-order valence-electron chi connectivity index (χ4n) is 2.96. The van der Waals surface area contributed by atoms with Gasteiger partial charge in [-0.25, -0.2) is 4.39 Å². The molecule has 0 spiro atoms. The number of halogens is 1. The van der Waals surface area contributed by atoms with Crippen molar-refractivity contribution in [1.82, 2.24) is 5.32 Å². The molecule has 0 unspecified atom stereocenters. The van der Waals surface area contributed by atoms with E-state index < -0.39 is 0 Å². The van der Waals surface area contributed by atoms with Crippen molar-refractivity contribution >= 4 is 17.5 Å². The number of hydrogen-bond acceptors (Lipinski definition) is 3. The first-order valence-electron chi connectivity index (χ1n) is 8.54. The van der Waals surface area contributed by atoms with Gasteiger partial charge in [0.1, 0.15) is 11.6 Å². The number of nitrogens with zero attached hydrogens (tertiary/aromatic N) is 1. The number of amides is 2. The van der Waals surface area contributed by atoms with Crippen molar-refractivity contribution in [3.8, 4) is 5.75 Å². The maximum atomic E-state index is 13.0. The standard InChI is InChI=1S/C20H21FN2O3/c1-14-4-2-3-5-18(14)26-13-19(24)22-11-15-10-20(25)23(12-15)17-8-6-16(21)7-9-17/h2-9,15H,10-13H2,1H3,(H,22,24)/t15-/m0/s1. The third-order valence-electron chi connectivity index (χ3n) is 4.38. The molecule has 0 aromatic heterocycles. The Morgan fingerprint density at radius 3 is 2.69 bits per heavy atom. The average molecular weight is 356 g/mol. The zero-order valence-corrected chi connectivity index (χ0v) is 14.6. The van der Waals surface area contributed by atoms with Crippen molar-refractivity contribution in [2.75, 3.05) is 24.6 Å². The lowest BCUT2D eigenvalue weighted by atomic mass is 10.1. The quantitative estimate of drug-likeness (QED) is 0.866. The van der Waals surface area contributed by atoms with Crippen molar-refractivity contribution in [3.63, 3.8) is 0 Å². The Morgan fingerprint density at radius 2 is 1.96 bits per heavy atom. The van der Waals surface area contributed by atoms with Gasteiger partial charge in [0, 0.05) is 31.1 Å². The molecule has 5 nitrogen and oxygen atoms in total. The van der Waals surface area contributed by atoms with E-state index >= 15 is 0 Å². The van der Waals surface area contributed by atoms with E-state index in [1.807, 2.05) is 31.2 Å². The van der Waals surface area contributed by atoms with Gasteiger partial charge in [-0.15, -0.1) is 0 Å². The highest BCUT2D eigenvalue weighted by molar-refractivity contribution is 5.95. The Morgan fingerprint density at radius 1 is 1.23 bits per heavy atom. The molecule has 0 aliphatic carbocycles. The van der Waals surface area contributed by atoms with Crippen molar-refractivity contribution in [2.45, 2.75) is 13.3 Å². The van der Waals surface area contributed by atoms with Crippen molar-refractivity contribution < 1.29 is 18.7 Å². The largest absolute Gasteiger partial charge is 0.484 e. The number of nitrogens with one attached hydrogen (secondary N) is 1. The van der Waals surface area contributed by atoms with Crippen molar-refractivity contribution in [2.24, 2.45) is 5.92 Å². The molecule has 1 aliphatic heterocycles. The molecule has 1 fully saturated rings. The van der Waals surface area contributed by atoms with Crippen LogP contribution in [0.15, 0.2) is 48.5 Å². The summed E-state index contributed by atoms with van der Waals surface area (Å²) < 4.78 is 18.5. The summed E-state index contributed by atoms with van der Waals surface area (Å²) in [6, 6.07) is 13.3. The van der Waals surface area contributed by atoms with Crippen LogP contribution >= 0.6 is 0 Å². The lowest BCUT2D eigenvalue weighted by Gasteiger charge is -2.17. The van der Waals surface area contributed by atoms with Gasteiger partial charge in [-0.05, 0) is 42.8 Å². The Hall–Kier alpha value is -2.89. The SMILES string of the molecule is Cc1ccccc1OCC(=O)NC[C@@H]1CC(=O)N(c2ccc(F)cc2)C1. The zero-order chi connectivity index (χ0) is 18.5. The minimum absolute atomic E-state index is 0.0213. The molecule has 1 aliphatic rings. The van der Waals surface area contributed by atoms with E-state index in [-0.39, 0.29) is 30.2 Å². The number of benzene rings is 2. The van der Waals surface area contributed by atoms with Gasteiger partial charge >= 0.3 is 0 Å². The minimum Gasteiger partial charge on any atom is -0.484 e. The molecular weight excluding hydrogens is 335 g/mol. The molecule has 1 saturated heterocycles. The number of carbonyl (C=O) groups is 2. The van der Waals surface area contributed by atoms with Crippen LogP contribution in [0.4, 0.5) is 10.1 Å². The molecule has 6 heteroatoms. The fraction of sp³-hybridized carbons (Fsp3) is 0.300. The molecule has 0 radical (unpaired) electrons. The molecule has 1 heterocycles. The summed E-state index contributed by atoms with van der Waals surface area (Å²) in [5.74, 6) is 0.127. The van der Waals surface area contributed by atoms with Crippen LogP contribution in [0.1, 0.15) is 12.0 Å². The molecule has 2 aromatic rings. The maximum Gasteiger partial charge on any atom is 0.257 e. The van der Waals surface area contributed by atoms with E-state index in [0.29, 0.717) is 30.9 Å². The lowest BCUT2D eigenvalue weighted by Crippen LogP contribution is -2.34. The van der Waals surface area contributed by atoms with Crippen LogP contribution in [-0.4, -0.2) is 31.5 Å². The van der Waals surface area contributed by atoms with Gasteiger partial charge in [0.15, 0.2) is 6.61 Å². The molecule has 1 N–H and O–H groups in total. The van der Waals surface area contributed by atoms with E-state index in [2.05, 4.69) is 5.32 Å². The second kappa shape index (κ2) is 7.99. The van der Waals surface area contributed by atoms with E-state index in [0.717, 1.165) is 5.56 Å². The third kappa shape index (κ3) is 4.39. The Labute approximate surface area is 151 Å². The summed E-state index contributed by atoms with van der Waals surface area (Å²) >= 11 is 0. The van der Waals surface area contributed by atoms with E-state index in [1.165, 1.54) is 12.1 Å². The predicted octanol–water partition coefficient (Wildman–Crippen LogP) is 2.68. The highest BCUT2D eigenvalue weighted by Crippen LogP contribution is 2.24. The first-order valence-corrected chi connectivity index (χ1v) is 8.54. The molecule has 2 amide bonds. The summed E-state index contributed by atoms with van der Waals surface area (Å²) in [5, 5.41) is 2.81. The molecule has 0 bridgehead atoms. The highest BCUT2D eigenvalue weighted by Gasteiger charge is 2.30. The number of hydrogen-bond donors (Lipinski definition) is 1. The number of rotatable bonds is 6. The van der Waals surface area contributed by atoms with Crippen molar-refractivity contribution in [3.05, 3.63) is 59.9 Å². The van der Waals surface area contributed by atoms with Crippen LogP contribution in [0.25, 0.3) is 0 Å². The molecule has 26 heavy (non-hydrogen) atoms. The van der Waals surface area contributed by atoms with Gasteiger partial charge in [0.25, 0.3) is 5.91 Å². The van der Waals surface area contributed by atoms with Crippen molar-refractivity contribution in [1.29, 1.82) is 0 Å². The maximum absolute atomic E-state index is 13.0. The fourth-order valence-corrected chi connectivity index (χ4v) is 2.96. The van der Waals surface area contributed by atoms with Gasteiger partial charge in [-0.1, -0.05) is 18.2 Å². The van der Waals surface area contributed by atoms with Gasteiger partial charge in [0.2, 0.25) is 5.91 Å². The number of para-hydroxylation sites is 1. The molecular formula is C20H21FN2O3. The summed E-state index contributed by atoms with van der Waals surface area (Å²) in [6.45, 7) is 2.76. The van der Waals surface area contributed by atoms with Crippen LogP contribution in [0, 0.1) is 18.7 Å². The molecule has 1 atom stereocenters. The Kier molecular flexibility index (Phi) is 5.51. The third-order valence-corrected chi connectivity index (χ3v) is 4.38. The van der Waals surface area contributed by atoms with Crippen LogP contribution in [0.2, 0.25) is 0 Å². The lowest BCUT2D eigenvalue weighted by molar-refractivity contribution is -0.123. The van der Waals surface area contributed by atoms with E-state index in [1.54, 1.807) is 17.0 Å². The monoisotopic (exact) mass is 356 g/mol. The van der Waals surface area contributed by atoms with Crippen LogP contribution in [0.5, 0.6) is 5.75 Å². The number of carbonyl (C=O) groups excluding carboxylic acids is 2. The normalized spacial score (nSPS) is 16.6. The summed E-state index contributed by atoms with van der Waals surface area (Å²) in [4.78, 5) is 25.8. The first kappa shape index (κ1) is 17.9. The Balaban J connectivity index is 1.46. The zero-order valence-electron chi connectivity index (χ0n) is 14.6. The molecule has 0 saturated carbocycles. The summed E-state index contributed by atoms with van der Waals surface area (Å²) in [6.07, 6.45) is 0.357. The van der Waals surface area contributed by atoms with E-state index in [9.17, 15) is 14.0 Å². The molecule has 136 valence electrons. The molecule has 3 rings (SSSR count).